The summed E-state index contributed by atoms with van der Waals surface area (Å²) in [5, 5.41) is 0. The Labute approximate surface area is 58.6 Å². The van der Waals surface area contributed by atoms with Gasteiger partial charge >= 0.3 is 0 Å². The van der Waals surface area contributed by atoms with Gasteiger partial charge in [0.1, 0.15) is 0 Å². The van der Waals surface area contributed by atoms with Gasteiger partial charge in [0.15, 0.2) is 0 Å². The van der Waals surface area contributed by atoms with E-state index in [1.807, 2.05) is 0 Å². The highest BCUT2D eigenvalue weighted by molar-refractivity contribution is 6.77. The minimum atomic E-state index is -0.779. The van der Waals surface area contributed by atoms with Crippen LogP contribution < -0.4 is 5.73 Å². The molecule has 1 rings (SSSR count). The predicted molar refractivity (Wildman–Crippen MR) is 44.3 cm³/mol. The van der Waals surface area contributed by atoms with Crippen LogP contribution in [0.4, 0.5) is 0 Å². The van der Waals surface area contributed by atoms with Gasteiger partial charge in [-0.15, -0.1) is 0 Å². The third-order valence-electron chi connectivity index (χ3n) is 2.24. The first kappa shape index (κ1) is 7.29. The highest BCUT2D eigenvalue weighted by Crippen LogP contribution is 2.26. The Morgan fingerprint density at radius 1 is 1.44 bits per heavy atom. The van der Waals surface area contributed by atoms with Crippen molar-refractivity contribution in [2.45, 2.75) is 44.1 Å². The topological polar surface area (TPSA) is 26.0 Å². The molecule has 0 spiro atoms. The third kappa shape index (κ3) is 2.10. The Morgan fingerprint density at radius 3 is 2.44 bits per heavy atom. The molecule has 2 N–H and O–H groups in total. The molecule has 0 aliphatic carbocycles. The molecular formula is C7H17NSi. The Kier molecular flexibility index (Phi) is 1.96. The van der Waals surface area contributed by atoms with Crippen molar-refractivity contribution in [3.05, 3.63) is 0 Å². The highest BCUT2D eigenvalue weighted by atomic mass is 28.3. The molecule has 1 nitrogen and oxygen atoms in total. The van der Waals surface area contributed by atoms with Crippen LogP contribution in [0.3, 0.4) is 0 Å². The maximum atomic E-state index is 5.85. The van der Waals surface area contributed by atoms with E-state index in [1.165, 1.54) is 24.9 Å². The number of nitrogens with two attached hydrogens (primary N) is 1. The first-order valence-electron chi connectivity index (χ1n) is 3.86. The minimum Gasteiger partial charge on any atom is -0.328 e. The highest BCUT2D eigenvalue weighted by Gasteiger charge is 2.27. The van der Waals surface area contributed by atoms with Crippen molar-refractivity contribution in [2.75, 3.05) is 0 Å². The monoisotopic (exact) mass is 143 g/mol. The molecular weight excluding hydrogens is 126 g/mol. The van der Waals surface area contributed by atoms with Crippen molar-refractivity contribution in [3.63, 3.8) is 0 Å². The molecule has 0 bridgehead atoms. The molecule has 0 aromatic carbocycles. The number of hydrogen-bond acceptors (Lipinski definition) is 1. The number of rotatable bonds is 0. The SMILES string of the molecule is C[Si]1(C)CCCC(N)C1. The van der Waals surface area contributed by atoms with Crippen molar-refractivity contribution >= 4 is 8.07 Å². The van der Waals surface area contributed by atoms with Crippen LogP contribution in [0.1, 0.15) is 12.8 Å². The molecule has 1 aliphatic heterocycles. The predicted octanol–water partition coefficient (Wildman–Crippen LogP) is 1.82. The third-order valence-corrected chi connectivity index (χ3v) is 5.58. The Morgan fingerprint density at radius 2 is 2.11 bits per heavy atom. The molecule has 1 saturated heterocycles. The van der Waals surface area contributed by atoms with E-state index in [0.29, 0.717) is 6.04 Å². The van der Waals surface area contributed by atoms with Gasteiger partial charge in [0.2, 0.25) is 0 Å². The van der Waals surface area contributed by atoms with Crippen LogP contribution in [0.15, 0.2) is 0 Å². The van der Waals surface area contributed by atoms with E-state index >= 15 is 0 Å². The zero-order valence-electron chi connectivity index (χ0n) is 6.48. The van der Waals surface area contributed by atoms with E-state index in [2.05, 4.69) is 13.1 Å². The van der Waals surface area contributed by atoms with Gasteiger partial charge < -0.3 is 5.73 Å². The average Bonchev–Trinajstić information content (AvgIpc) is 1.60. The normalized spacial score (nSPS) is 34.3. The lowest BCUT2D eigenvalue weighted by molar-refractivity contribution is 0.609. The maximum absolute atomic E-state index is 5.85. The summed E-state index contributed by atoms with van der Waals surface area (Å²) in [6.07, 6.45) is 2.66. The van der Waals surface area contributed by atoms with Crippen molar-refractivity contribution in [1.82, 2.24) is 0 Å². The maximum Gasteiger partial charge on any atom is 0.0489 e. The minimum absolute atomic E-state index is 0.542. The lowest BCUT2D eigenvalue weighted by Crippen LogP contribution is -2.38. The Hall–Kier alpha value is 0.177. The van der Waals surface area contributed by atoms with Crippen LogP contribution in [0, 0.1) is 0 Å². The summed E-state index contributed by atoms with van der Waals surface area (Å²) in [6.45, 7) is 4.90. The fourth-order valence-electron chi connectivity index (χ4n) is 1.76. The molecule has 0 aromatic rings. The second-order valence-corrected chi connectivity index (χ2v) is 9.26. The molecule has 0 radical (unpaired) electrons. The molecule has 1 unspecified atom stereocenters. The molecule has 1 fully saturated rings. The van der Waals surface area contributed by atoms with Gasteiger partial charge in [0, 0.05) is 14.1 Å². The van der Waals surface area contributed by atoms with E-state index in [4.69, 9.17) is 5.73 Å². The van der Waals surface area contributed by atoms with Crippen LogP contribution in [0.25, 0.3) is 0 Å². The summed E-state index contributed by atoms with van der Waals surface area (Å²) in [7, 11) is -0.779. The van der Waals surface area contributed by atoms with Gasteiger partial charge in [0.05, 0.1) is 0 Å². The lowest BCUT2D eigenvalue weighted by Gasteiger charge is -2.31. The van der Waals surface area contributed by atoms with Crippen LogP contribution in [-0.4, -0.2) is 14.1 Å². The molecule has 2 heteroatoms. The van der Waals surface area contributed by atoms with Gasteiger partial charge in [-0.3, -0.25) is 0 Å². The van der Waals surface area contributed by atoms with Crippen molar-refractivity contribution in [3.8, 4) is 0 Å². The standard InChI is InChI=1S/C7H17NSi/c1-9(2)5-3-4-7(8)6-9/h7H,3-6,8H2,1-2H3. The zero-order chi connectivity index (χ0) is 6.91. The van der Waals surface area contributed by atoms with Gasteiger partial charge in [-0.25, -0.2) is 0 Å². The molecule has 54 valence electrons. The van der Waals surface area contributed by atoms with Crippen molar-refractivity contribution in [1.29, 1.82) is 0 Å². The second kappa shape index (κ2) is 2.43. The van der Waals surface area contributed by atoms with E-state index in [-0.39, 0.29) is 0 Å². The summed E-state index contributed by atoms with van der Waals surface area (Å²) in [4.78, 5) is 0. The summed E-state index contributed by atoms with van der Waals surface area (Å²) < 4.78 is 0. The van der Waals surface area contributed by atoms with Crippen molar-refractivity contribution in [2.24, 2.45) is 5.73 Å². The fourth-order valence-corrected chi connectivity index (χ4v) is 4.75. The second-order valence-electron chi connectivity index (χ2n) is 4.02. The largest absolute Gasteiger partial charge is 0.328 e. The average molecular weight is 143 g/mol. The van der Waals surface area contributed by atoms with Gasteiger partial charge in [-0.1, -0.05) is 25.6 Å². The van der Waals surface area contributed by atoms with E-state index < -0.39 is 8.07 Å². The Bertz CT molecular complexity index is 101. The number of hydrogen-bond donors (Lipinski definition) is 1. The molecule has 9 heavy (non-hydrogen) atoms. The first-order valence-corrected chi connectivity index (χ1v) is 7.27. The summed E-state index contributed by atoms with van der Waals surface area (Å²) in [6, 6.07) is 3.40. The van der Waals surface area contributed by atoms with Crippen LogP contribution >= 0.6 is 0 Å². The molecule has 1 heterocycles. The van der Waals surface area contributed by atoms with Crippen LogP contribution in [0.2, 0.25) is 25.2 Å². The molecule has 1 aliphatic rings. The van der Waals surface area contributed by atoms with Crippen LogP contribution in [0.5, 0.6) is 0 Å². The summed E-state index contributed by atoms with van der Waals surface area (Å²) in [5.41, 5.74) is 5.85. The van der Waals surface area contributed by atoms with Gasteiger partial charge in [0.25, 0.3) is 0 Å². The Balaban J connectivity index is 2.41. The van der Waals surface area contributed by atoms with Crippen molar-refractivity contribution < 1.29 is 0 Å². The summed E-state index contributed by atoms with van der Waals surface area (Å²) in [5.74, 6) is 0. The van der Waals surface area contributed by atoms with Crippen LogP contribution in [-0.2, 0) is 0 Å². The van der Waals surface area contributed by atoms with Gasteiger partial charge in [-0.05, 0) is 12.5 Å². The molecule has 0 amide bonds. The lowest BCUT2D eigenvalue weighted by atomic mass is 10.2. The van der Waals surface area contributed by atoms with E-state index in [0.717, 1.165) is 0 Å². The molecule has 1 atom stereocenters. The fraction of sp³-hybridized carbons (Fsp3) is 1.00. The summed E-state index contributed by atoms with van der Waals surface area (Å²) >= 11 is 0. The molecule has 0 aromatic heterocycles. The quantitative estimate of drug-likeness (QED) is 0.514. The first-order chi connectivity index (χ1) is 4.10. The zero-order valence-corrected chi connectivity index (χ0v) is 7.48. The van der Waals surface area contributed by atoms with Gasteiger partial charge in [-0.2, -0.15) is 0 Å². The smallest absolute Gasteiger partial charge is 0.0489 e. The molecule has 0 saturated carbocycles. The van der Waals surface area contributed by atoms with E-state index in [1.54, 1.807) is 0 Å². The van der Waals surface area contributed by atoms with E-state index in [9.17, 15) is 0 Å².